The van der Waals surface area contributed by atoms with Gasteiger partial charge in [-0.1, -0.05) is 30.3 Å². The SMILES string of the molecule is O=C(CCNC(=O)c1ccc2ccccc2c1)Nc1ncccc1O. The summed E-state index contributed by atoms with van der Waals surface area (Å²) in [5.74, 6) is -0.573. The Kier molecular flexibility index (Phi) is 4.89. The number of carbonyl (C=O) groups excluding carboxylic acids is 2. The summed E-state index contributed by atoms with van der Waals surface area (Å²) in [7, 11) is 0. The van der Waals surface area contributed by atoms with Crippen LogP contribution in [0.15, 0.2) is 60.8 Å². The van der Waals surface area contributed by atoms with Crippen molar-refractivity contribution in [1.29, 1.82) is 0 Å². The lowest BCUT2D eigenvalue weighted by molar-refractivity contribution is -0.116. The van der Waals surface area contributed by atoms with E-state index in [-0.39, 0.29) is 36.3 Å². The van der Waals surface area contributed by atoms with E-state index in [1.807, 2.05) is 36.4 Å². The van der Waals surface area contributed by atoms with Gasteiger partial charge >= 0.3 is 0 Å². The predicted molar refractivity (Wildman–Crippen MR) is 95.4 cm³/mol. The van der Waals surface area contributed by atoms with Crippen LogP contribution in [0.2, 0.25) is 0 Å². The van der Waals surface area contributed by atoms with Crippen molar-refractivity contribution >= 4 is 28.4 Å². The molecule has 0 saturated heterocycles. The van der Waals surface area contributed by atoms with Gasteiger partial charge in [0.15, 0.2) is 11.6 Å². The molecule has 6 nitrogen and oxygen atoms in total. The Balaban J connectivity index is 1.53. The zero-order valence-corrected chi connectivity index (χ0v) is 13.4. The molecule has 1 aromatic heterocycles. The fraction of sp³-hybridized carbons (Fsp3) is 0.105. The highest BCUT2D eigenvalue weighted by molar-refractivity contribution is 5.99. The van der Waals surface area contributed by atoms with E-state index in [9.17, 15) is 14.7 Å². The standard InChI is InChI=1S/C19H17N3O3/c23-16-6-3-10-20-18(16)22-17(24)9-11-21-19(25)15-8-7-13-4-1-2-5-14(13)12-15/h1-8,10,12,23H,9,11H2,(H,21,25)(H,20,22,24). The molecule has 0 unspecified atom stereocenters. The van der Waals surface area contributed by atoms with Crippen LogP contribution in [-0.2, 0) is 4.79 Å². The lowest BCUT2D eigenvalue weighted by Crippen LogP contribution is -2.27. The average molecular weight is 335 g/mol. The predicted octanol–water partition coefficient (Wildman–Crippen LogP) is 2.70. The van der Waals surface area contributed by atoms with Gasteiger partial charge in [0, 0.05) is 24.7 Å². The summed E-state index contributed by atoms with van der Waals surface area (Å²) in [5.41, 5.74) is 0.543. The number of amides is 2. The fourth-order valence-corrected chi connectivity index (χ4v) is 2.41. The number of benzene rings is 2. The zero-order valence-electron chi connectivity index (χ0n) is 13.4. The zero-order chi connectivity index (χ0) is 17.6. The molecule has 0 aliphatic carbocycles. The number of carbonyl (C=O) groups is 2. The molecule has 126 valence electrons. The highest BCUT2D eigenvalue weighted by atomic mass is 16.3. The second-order valence-corrected chi connectivity index (χ2v) is 5.49. The number of aromatic nitrogens is 1. The molecular formula is C19H17N3O3. The van der Waals surface area contributed by atoms with E-state index < -0.39 is 0 Å². The van der Waals surface area contributed by atoms with Crippen LogP contribution in [-0.4, -0.2) is 28.4 Å². The number of nitrogens with one attached hydrogen (secondary N) is 2. The van der Waals surface area contributed by atoms with Crippen LogP contribution in [0.1, 0.15) is 16.8 Å². The minimum atomic E-state index is -0.340. The van der Waals surface area contributed by atoms with E-state index in [0.29, 0.717) is 5.56 Å². The van der Waals surface area contributed by atoms with Gasteiger partial charge in [-0.2, -0.15) is 0 Å². The molecule has 0 atom stereocenters. The highest BCUT2D eigenvalue weighted by Gasteiger charge is 2.09. The maximum absolute atomic E-state index is 12.2. The molecule has 6 heteroatoms. The molecule has 2 amide bonds. The van der Waals surface area contributed by atoms with Crippen molar-refractivity contribution < 1.29 is 14.7 Å². The van der Waals surface area contributed by atoms with Crippen molar-refractivity contribution in [3.8, 4) is 5.75 Å². The van der Waals surface area contributed by atoms with Crippen LogP contribution in [0, 0.1) is 0 Å². The molecule has 0 aliphatic rings. The molecule has 0 saturated carbocycles. The molecule has 25 heavy (non-hydrogen) atoms. The molecule has 1 heterocycles. The maximum Gasteiger partial charge on any atom is 0.251 e. The minimum absolute atomic E-state index is 0.0787. The van der Waals surface area contributed by atoms with Crippen molar-refractivity contribution in [2.75, 3.05) is 11.9 Å². The summed E-state index contributed by atoms with van der Waals surface area (Å²) >= 11 is 0. The van der Waals surface area contributed by atoms with Gasteiger partial charge in [-0.25, -0.2) is 4.98 Å². The van der Waals surface area contributed by atoms with Crippen LogP contribution in [0.4, 0.5) is 5.82 Å². The lowest BCUT2D eigenvalue weighted by atomic mass is 10.1. The summed E-state index contributed by atoms with van der Waals surface area (Å²) in [6.45, 7) is 0.186. The van der Waals surface area contributed by atoms with Gasteiger partial charge in [0.1, 0.15) is 0 Å². The van der Waals surface area contributed by atoms with Crippen LogP contribution in [0.3, 0.4) is 0 Å². The van der Waals surface area contributed by atoms with E-state index in [2.05, 4.69) is 15.6 Å². The Morgan fingerprint density at radius 3 is 2.60 bits per heavy atom. The number of hydrogen-bond donors (Lipinski definition) is 3. The first-order valence-corrected chi connectivity index (χ1v) is 7.84. The lowest BCUT2D eigenvalue weighted by Gasteiger charge is -2.08. The third-order valence-corrected chi connectivity index (χ3v) is 3.69. The van der Waals surface area contributed by atoms with E-state index >= 15 is 0 Å². The van der Waals surface area contributed by atoms with E-state index in [1.54, 1.807) is 12.1 Å². The largest absolute Gasteiger partial charge is 0.504 e. The molecule has 2 aromatic carbocycles. The van der Waals surface area contributed by atoms with E-state index in [4.69, 9.17) is 0 Å². The molecule has 0 fully saturated rings. The molecule has 0 aliphatic heterocycles. The first kappa shape index (κ1) is 16.4. The first-order valence-electron chi connectivity index (χ1n) is 7.84. The number of anilines is 1. The van der Waals surface area contributed by atoms with Crippen molar-refractivity contribution in [3.63, 3.8) is 0 Å². The van der Waals surface area contributed by atoms with Crippen molar-refractivity contribution in [2.45, 2.75) is 6.42 Å². The fourth-order valence-electron chi connectivity index (χ4n) is 2.41. The van der Waals surface area contributed by atoms with Gasteiger partial charge in [0.25, 0.3) is 5.91 Å². The Hall–Kier alpha value is -3.41. The Morgan fingerprint density at radius 1 is 1.00 bits per heavy atom. The highest BCUT2D eigenvalue weighted by Crippen LogP contribution is 2.18. The third kappa shape index (κ3) is 4.11. The third-order valence-electron chi connectivity index (χ3n) is 3.69. The van der Waals surface area contributed by atoms with Gasteiger partial charge in [0.05, 0.1) is 0 Å². The molecular weight excluding hydrogens is 318 g/mol. The van der Waals surface area contributed by atoms with Crippen LogP contribution >= 0.6 is 0 Å². The normalized spacial score (nSPS) is 10.4. The summed E-state index contributed by atoms with van der Waals surface area (Å²) in [4.78, 5) is 27.9. The van der Waals surface area contributed by atoms with Crippen molar-refractivity contribution in [2.24, 2.45) is 0 Å². The number of hydrogen-bond acceptors (Lipinski definition) is 4. The van der Waals surface area contributed by atoms with Gasteiger partial charge in [0.2, 0.25) is 5.91 Å². The smallest absolute Gasteiger partial charge is 0.251 e. The molecule has 0 spiro atoms. The Bertz CT molecular complexity index is 924. The van der Waals surface area contributed by atoms with Crippen LogP contribution in [0.5, 0.6) is 5.75 Å². The van der Waals surface area contributed by atoms with Gasteiger partial charge in [-0.05, 0) is 35.0 Å². The summed E-state index contributed by atoms with van der Waals surface area (Å²) in [6.07, 6.45) is 1.55. The summed E-state index contributed by atoms with van der Waals surface area (Å²) in [5, 5.41) is 16.8. The number of nitrogens with zero attached hydrogens (tertiary/aromatic N) is 1. The molecule has 0 radical (unpaired) electrons. The topological polar surface area (TPSA) is 91.3 Å². The molecule has 0 bridgehead atoms. The number of aromatic hydroxyl groups is 1. The second kappa shape index (κ2) is 7.44. The van der Waals surface area contributed by atoms with Crippen molar-refractivity contribution in [3.05, 3.63) is 66.4 Å². The van der Waals surface area contributed by atoms with Gasteiger partial charge in [-0.3, -0.25) is 9.59 Å². The Labute approximate surface area is 144 Å². The quantitative estimate of drug-likeness (QED) is 0.668. The Morgan fingerprint density at radius 2 is 1.80 bits per heavy atom. The molecule has 3 aromatic rings. The summed E-state index contributed by atoms with van der Waals surface area (Å²) in [6, 6.07) is 16.2. The number of pyridine rings is 1. The first-order chi connectivity index (χ1) is 12.1. The van der Waals surface area contributed by atoms with E-state index in [1.165, 1.54) is 12.3 Å². The monoisotopic (exact) mass is 335 g/mol. The van der Waals surface area contributed by atoms with Gasteiger partial charge in [-0.15, -0.1) is 0 Å². The summed E-state index contributed by atoms with van der Waals surface area (Å²) < 4.78 is 0. The number of fused-ring (bicyclic) bond motifs is 1. The van der Waals surface area contributed by atoms with Crippen LogP contribution < -0.4 is 10.6 Å². The number of rotatable bonds is 5. The minimum Gasteiger partial charge on any atom is -0.504 e. The van der Waals surface area contributed by atoms with Crippen molar-refractivity contribution in [1.82, 2.24) is 10.3 Å². The average Bonchev–Trinajstić information content (AvgIpc) is 2.63. The second-order valence-electron chi connectivity index (χ2n) is 5.49. The molecule has 3 rings (SSSR count). The maximum atomic E-state index is 12.2. The molecule has 3 N–H and O–H groups in total. The van der Waals surface area contributed by atoms with Crippen LogP contribution in [0.25, 0.3) is 10.8 Å². The van der Waals surface area contributed by atoms with Gasteiger partial charge < -0.3 is 15.7 Å². The van der Waals surface area contributed by atoms with E-state index in [0.717, 1.165) is 10.8 Å².